The van der Waals surface area contributed by atoms with Crippen LogP contribution in [0.3, 0.4) is 0 Å². The number of aryl methyl sites for hydroxylation is 2. The zero-order valence-electron chi connectivity index (χ0n) is 19.7. The maximum absolute atomic E-state index is 11.5. The lowest BCUT2D eigenvalue weighted by Gasteiger charge is -2.23. The number of anilines is 3. The van der Waals surface area contributed by atoms with Crippen molar-refractivity contribution in [1.82, 2.24) is 19.5 Å². The molecule has 0 radical (unpaired) electrons. The molecule has 0 aliphatic rings. The van der Waals surface area contributed by atoms with Crippen LogP contribution >= 0.6 is 16.1 Å². The first-order chi connectivity index (χ1) is 17.7. The molecule has 0 aliphatic heterocycles. The van der Waals surface area contributed by atoms with Gasteiger partial charge in [0.2, 0.25) is 11.0 Å². The molecule has 37 heavy (non-hydrogen) atoms. The molecular weight excluding hydrogens is 518 g/mol. The highest BCUT2D eigenvalue weighted by atomic mass is 31.2. The molecule has 12 nitrogen and oxygen atoms in total. The van der Waals surface area contributed by atoms with Crippen LogP contribution in [0.15, 0.2) is 60.9 Å². The van der Waals surface area contributed by atoms with Crippen molar-refractivity contribution in [3.63, 3.8) is 0 Å². The molecule has 0 bridgehead atoms. The Morgan fingerprint density at radius 1 is 1.08 bits per heavy atom. The maximum Gasteiger partial charge on any atom is 0.363 e. The quantitative estimate of drug-likeness (QED) is 0.113. The molecule has 4 rings (SSSR count). The van der Waals surface area contributed by atoms with E-state index in [0.29, 0.717) is 29.9 Å². The van der Waals surface area contributed by atoms with Gasteiger partial charge in [0, 0.05) is 18.8 Å². The Kier molecular flexibility index (Phi) is 8.26. The third-order valence-corrected chi connectivity index (χ3v) is 8.97. The number of hydrogen-bond acceptors (Lipinski definition) is 9. The second kappa shape index (κ2) is 11.4. The van der Waals surface area contributed by atoms with Gasteiger partial charge in [0.15, 0.2) is 17.0 Å². The monoisotopic (exact) mass is 546 g/mol. The number of benzene rings is 2. The number of imidazole rings is 1. The van der Waals surface area contributed by atoms with E-state index in [9.17, 15) is 29.1 Å². The van der Waals surface area contributed by atoms with Gasteiger partial charge in [-0.3, -0.25) is 4.57 Å². The summed E-state index contributed by atoms with van der Waals surface area (Å²) in [4.78, 5) is 32.2. The lowest BCUT2D eigenvalue weighted by Crippen LogP contribution is -2.22. The molecule has 14 heteroatoms. The van der Waals surface area contributed by atoms with Gasteiger partial charge < -0.3 is 39.8 Å². The third-order valence-electron chi connectivity index (χ3n) is 5.75. The smallest absolute Gasteiger partial charge is 0.363 e. The highest BCUT2D eigenvalue weighted by molar-refractivity contribution is 7.63. The van der Waals surface area contributed by atoms with E-state index in [1.54, 1.807) is 24.5 Å². The summed E-state index contributed by atoms with van der Waals surface area (Å²) in [5.74, 6) is 0.908. The fraction of sp³-hybridized carbons (Fsp3) is 0.261. The van der Waals surface area contributed by atoms with Crippen molar-refractivity contribution in [2.45, 2.75) is 30.9 Å². The molecule has 0 spiro atoms. The summed E-state index contributed by atoms with van der Waals surface area (Å²) in [6, 6.07) is 16.4. The highest BCUT2D eigenvalue weighted by Gasteiger charge is 2.43. The standard InChI is InChI=1S/C23H28N6O6P2/c30-18-9-4-6-16(14-18)10-13-29-15-25-19-20(26-17-7-2-1-3-8-17)27-22(28-21(19)29)24-12-5-11-23(31,36-32)37(33,34)35/h1-4,6-9,14-15,30-31H,5,10-13,36H2,(H2,33,34,35)(H2,24,26,27,28). The van der Waals surface area contributed by atoms with E-state index in [0.717, 1.165) is 11.3 Å². The average molecular weight is 546 g/mol. The Bertz CT molecular complexity index is 1430. The van der Waals surface area contributed by atoms with E-state index < -0.39 is 21.1 Å². The molecule has 0 fully saturated rings. The van der Waals surface area contributed by atoms with Gasteiger partial charge in [0.05, 0.1) is 6.33 Å². The number of aromatic hydroxyl groups is 1. The number of nitrogens with zero attached hydrogens (tertiary/aromatic N) is 4. The number of aromatic nitrogens is 4. The van der Waals surface area contributed by atoms with Crippen LogP contribution < -0.4 is 10.6 Å². The molecule has 6 N–H and O–H groups in total. The molecule has 2 heterocycles. The molecule has 2 atom stereocenters. The Hall–Kier alpha value is -3.27. The normalized spacial score (nSPS) is 13.7. The van der Waals surface area contributed by atoms with E-state index in [1.807, 2.05) is 41.0 Å². The van der Waals surface area contributed by atoms with Crippen molar-refractivity contribution in [1.29, 1.82) is 0 Å². The third kappa shape index (κ3) is 6.54. The van der Waals surface area contributed by atoms with Crippen LogP contribution in [0.5, 0.6) is 5.75 Å². The van der Waals surface area contributed by atoms with E-state index in [4.69, 9.17) is 0 Å². The maximum atomic E-state index is 11.5. The van der Waals surface area contributed by atoms with Crippen molar-refractivity contribution in [3.8, 4) is 5.75 Å². The minimum Gasteiger partial charge on any atom is -0.508 e. The van der Waals surface area contributed by atoms with E-state index in [2.05, 4.69) is 25.6 Å². The first-order valence-corrected chi connectivity index (χ1v) is 14.2. The van der Waals surface area contributed by atoms with E-state index >= 15 is 0 Å². The molecule has 0 amide bonds. The first kappa shape index (κ1) is 26.8. The largest absolute Gasteiger partial charge is 0.508 e. The van der Waals surface area contributed by atoms with Crippen molar-refractivity contribution in [3.05, 3.63) is 66.5 Å². The molecule has 2 aromatic heterocycles. The average Bonchev–Trinajstić information content (AvgIpc) is 3.28. The molecule has 0 saturated carbocycles. The lowest BCUT2D eigenvalue weighted by molar-refractivity contribution is 0.157. The van der Waals surface area contributed by atoms with Crippen LogP contribution in [0.2, 0.25) is 0 Å². The van der Waals surface area contributed by atoms with Gasteiger partial charge in [0.25, 0.3) is 0 Å². The summed E-state index contributed by atoms with van der Waals surface area (Å²) in [5.41, 5.74) is 2.87. The van der Waals surface area contributed by atoms with Crippen molar-refractivity contribution >= 4 is 44.7 Å². The Morgan fingerprint density at radius 2 is 1.86 bits per heavy atom. The first-order valence-electron chi connectivity index (χ1n) is 11.5. The van der Waals surface area contributed by atoms with Crippen LogP contribution in [-0.2, 0) is 22.1 Å². The second-order valence-corrected chi connectivity index (χ2v) is 12.0. The molecule has 0 saturated heterocycles. The Balaban J connectivity index is 1.56. The number of para-hydroxylation sites is 1. The van der Waals surface area contributed by atoms with Gasteiger partial charge in [-0.15, -0.1) is 0 Å². The number of nitrogens with one attached hydrogen (secondary N) is 2. The Labute approximate surface area is 213 Å². The van der Waals surface area contributed by atoms with Gasteiger partial charge in [0.1, 0.15) is 14.2 Å². The van der Waals surface area contributed by atoms with Gasteiger partial charge >= 0.3 is 7.60 Å². The zero-order chi connectivity index (χ0) is 26.5. The van der Waals surface area contributed by atoms with E-state index in [-0.39, 0.29) is 31.1 Å². The zero-order valence-corrected chi connectivity index (χ0v) is 21.8. The van der Waals surface area contributed by atoms with E-state index in [1.165, 1.54) is 0 Å². The summed E-state index contributed by atoms with van der Waals surface area (Å²) in [6.45, 7) is 0.720. The van der Waals surface area contributed by atoms with Crippen LogP contribution in [0, 0.1) is 0 Å². The number of aliphatic hydroxyl groups is 1. The topological polar surface area (TPSA) is 183 Å². The molecular formula is C23H28N6O6P2. The number of hydrogen-bond donors (Lipinski definition) is 6. The van der Waals surface area contributed by atoms with Gasteiger partial charge in [-0.1, -0.05) is 30.3 Å². The number of fused-ring (bicyclic) bond motifs is 1. The summed E-state index contributed by atoms with van der Waals surface area (Å²) < 4.78 is 24.6. The highest BCUT2D eigenvalue weighted by Crippen LogP contribution is 2.57. The Morgan fingerprint density at radius 3 is 2.57 bits per heavy atom. The second-order valence-electron chi connectivity index (χ2n) is 8.49. The van der Waals surface area contributed by atoms with Gasteiger partial charge in [-0.05, 0) is 49.1 Å². The fourth-order valence-electron chi connectivity index (χ4n) is 3.72. The summed E-state index contributed by atoms with van der Waals surface area (Å²) >= 11 is 0. The minimum atomic E-state index is -4.93. The summed E-state index contributed by atoms with van der Waals surface area (Å²) in [5, 5.41) is 23.5. The SMILES string of the molecule is O=[PH2]C(O)(CCCNc1nc(Nc2ccccc2)c2ncn(CCc3cccc(O)c3)c2n1)P(=O)(O)O. The molecule has 0 aliphatic carbocycles. The predicted octanol–water partition coefficient (Wildman–Crippen LogP) is 3.29. The van der Waals surface area contributed by atoms with Gasteiger partial charge in [-0.25, -0.2) is 4.98 Å². The van der Waals surface area contributed by atoms with Crippen molar-refractivity contribution < 1.29 is 29.1 Å². The predicted molar refractivity (Wildman–Crippen MR) is 142 cm³/mol. The van der Waals surface area contributed by atoms with Crippen LogP contribution in [-0.4, -0.2) is 51.1 Å². The lowest BCUT2D eigenvalue weighted by atomic mass is 10.1. The molecule has 2 unspecified atom stereocenters. The molecule has 2 aromatic carbocycles. The van der Waals surface area contributed by atoms with Gasteiger partial charge in [-0.2, -0.15) is 9.97 Å². The van der Waals surface area contributed by atoms with Crippen molar-refractivity contribution in [2.24, 2.45) is 0 Å². The van der Waals surface area contributed by atoms with Crippen molar-refractivity contribution in [2.75, 3.05) is 17.2 Å². The van der Waals surface area contributed by atoms with Crippen LogP contribution in [0.4, 0.5) is 17.5 Å². The van der Waals surface area contributed by atoms with Crippen LogP contribution in [0.25, 0.3) is 11.2 Å². The molecule has 196 valence electrons. The number of phenolic OH excluding ortho intramolecular Hbond substituents is 1. The summed E-state index contributed by atoms with van der Waals surface area (Å²) in [7, 11) is -7.02. The number of phenols is 1. The number of rotatable bonds is 12. The fourth-order valence-corrected chi connectivity index (χ4v) is 5.04. The van der Waals surface area contributed by atoms with Crippen LogP contribution in [0.1, 0.15) is 18.4 Å². The molecule has 4 aromatic rings. The summed E-state index contributed by atoms with van der Waals surface area (Å²) in [6.07, 6.45) is 2.07. The minimum absolute atomic E-state index is 0.121.